The van der Waals surface area contributed by atoms with Crippen LogP contribution in [-0.2, 0) is 0 Å². The number of hydrogen-bond acceptors (Lipinski definition) is 2. The van der Waals surface area contributed by atoms with Crippen molar-refractivity contribution in [3.8, 4) is 0 Å². The molecule has 1 rings (SSSR count). The molecule has 0 aromatic carbocycles. The fraction of sp³-hybridized carbons (Fsp3) is 1.00. The number of rotatable bonds is 2. The van der Waals surface area contributed by atoms with E-state index in [0.29, 0.717) is 30.4 Å². The van der Waals surface area contributed by atoms with E-state index in [2.05, 4.69) is 13.8 Å². The monoisotopic (exact) mass is 171 g/mol. The zero-order valence-corrected chi connectivity index (χ0v) is 8.16. The Balaban J connectivity index is 2.39. The Morgan fingerprint density at radius 3 is 2.67 bits per heavy atom. The maximum atomic E-state index is 9.00. The lowest BCUT2D eigenvalue weighted by Crippen LogP contribution is -2.37. The molecule has 1 aliphatic rings. The van der Waals surface area contributed by atoms with Gasteiger partial charge in [0.1, 0.15) is 0 Å². The van der Waals surface area contributed by atoms with Gasteiger partial charge in [0.15, 0.2) is 0 Å². The molecule has 72 valence electrons. The minimum absolute atomic E-state index is 0.311. The number of nitrogens with two attached hydrogens (primary N) is 1. The highest BCUT2D eigenvalue weighted by atomic mass is 16.3. The van der Waals surface area contributed by atoms with Gasteiger partial charge in [0.05, 0.1) is 0 Å². The summed E-state index contributed by atoms with van der Waals surface area (Å²) < 4.78 is 0. The smallest absolute Gasteiger partial charge is 0.0459 e. The van der Waals surface area contributed by atoms with Crippen molar-refractivity contribution in [1.82, 2.24) is 0 Å². The minimum Gasteiger partial charge on any atom is -0.396 e. The highest BCUT2D eigenvalue weighted by Gasteiger charge is 2.27. The molecule has 0 aromatic rings. The summed E-state index contributed by atoms with van der Waals surface area (Å²) in [5, 5.41) is 9.00. The van der Waals surface area contributed by atoms with E-state index in [1.165, 1.54) is 12.8 Å². The number of hydrogen-bond donors (Lipinski definition) is 2. The third-order valence-electron chi connectivity index (χ3n) is 3.39. The SMILES string of the molecule is CC1CCC(C(C)CO)CC1N. The van der Waals surface area contributed by atoms with Crippen LogP contribution < -0.4 is 5.73 Å². The second kappa shape index (κ2) is 4.24. The molecule has 4 unspecified atom stereocenters. The second-order valence-corrected chi connectivity index (χ2v) is 4.37. The highest BCUT2D eigenvalue weighted by Crippen LogP contribution is 2.32. The van der Waals surface area contributed by atoms with Crippen LogP contribution in [-0.4, -0.2) is 17.8 Å². The molecule has 4 atom stereocenters. The van der Waals surface area contributed by atoms with Crippen molar-refractivity contribution in [1.29, 1.82) is 0 Å². The fourth-order valence-electron chi connectivity index (χ4n) is 2.06. The summed E-state index contributed by atoms with van der Waals surface area (Å²) in [5.74, 6) is 1.76. The molecule has 0 radical (unpaired) electrons. The molecule has 0 aliphatic heterocycles. The van der Waals surface area contributed by atoms with Crippen LogP contribution >= 0.6 is 0 Å². The summed E-state index contributed by atoms with van der Waals surface area (Å²) in [6, 6.07) is 0.359. The lowest BCUT2D eigenvalue weighted by atomic mass is 9.75. The lowest BCUT2D eigenvalue weighted by molar-refractivity contribution is 0.135. The normalized spacial score (nSPS) is 39.5. The first kappa shape index (κ1) is 10.0. The predicted molar refractivity (Wildman–Crippen MR) is 50.7 cm³/mol. The summed E-state index contributed by atoms with van der Waals surface area (Å²) >= 11 is 0. The third kappa shape index (κ3) is 2.20. The molecule has 0 aromatic heterocycles. The molecule has 3 N–H and O–H groups in total. The maximum Gasteiger partial charge on any atom is 0.0459 e. The molecule has 0 bridgehead atoms. The van der Waals surface area contributed by atoms with E-state index in [-0.39, 0.29) is 0 Å². The van der Waals surface area contributed by atoms with Crippen LogP contribution in [0.25, 0.3) is 0 Å². The summed E-state index contributed by atoms with van der Waals surface area (Å²) in [7, 11) is 0. The van der Waals surface area contributed by atoms with Gasteiger partial charge in [-0.3, -0.25) is 0 Å². The molecule has 1 saturated carbocycles. The standard InChI is InChI=1S/C10H21NO/c1-7-3-4-9(5-10(7)11)8(2)6-12/h7-10,12H,3-6,11H2,1-2H3. The summed E-state index contributed by atoms with van der Waals surface area (Å²) in [5.41, 5.74) is 5.98. The Labute approximate surface area is 75.2 Å². The largest absolute Gasteiger partial charge is 0.396 e. The van der Waals surface area contributed by atoms with Crippen LogP contribution in [0.4, 0.5) is 0 Å². The van der Waals surface area contributed by atoms with E-state index in [0.717, 1.165) is 6.42 Å². The molecule has 2 nitrogen and oxygen atoms in total. The van der Waals surface area contributed by atoms with Crippen molar-refractivity contribution >= 4 is 0 Å². The van der Waals surface area contributed by atoms with Crippen LogP contribution in [0, 0.1) is 17.8 Å². The molecule has 12 heavy (non-hydrogen) atoms. The van der Waals surface area contributed by atoms with Gasteiger partial charge in [-0.05, 0) is 37.0 Å². The second-order valence-electron chi connectivity index (χ2n) is 4.37. The molecule has 0 amide bonds. The van der Waals surface area contributed by atoms with E-state index in [9.17, 15) is 0 Å². The minimum atomic E-state index is 0.311. The molecule has 1 aliphatic carbocycles. The van der Waals surface area contributed by atoms with E-state index >= 15 is 0 Å². The average molecular weight is 171 g/mol. The topological polar surface area (TPSA) is 46.2 Å². The Kier molecular flexibility index (Phi) is 3.53. The molecule has 0 spiro atoms. The highest BCUT2D eigenvalue weighted by molar-refractivity contribution is 4.82. The Morgan fingerprint density at radius 1 is 1.50 bits per heavy atom. The van der Waals surface area contributed by atoms with Gasteiger partial charge in [0, 0.05) is 12.6 Å². The van der Waals surface area contributed by atoms with Crippen molar-refractivity contribution in [2.75, 3.05) is 6.61 Å². The van der Waals surface area contributed by atoms with Gasteiger partial charge in [0.25, 0.3) is 0 Å². The van der Waals surface area contributed by atoms with Gasteiger partial charge in [-0.25, -0.2) is 0 Å². The zero-order valence-electron chi connectivity index (χ0n) is 8.16. The Hall–Kier alpha value is -0.0800. The van der Waals surface area contributed by atoms with Crippen molar-refractivity contribution < 1.29 is 5.11 Å². The summed E-state index contributed by atoms with van der Waals surface area (Å²) in [6.45, 7) is 4.66. The van der Waals surface area contributed by atoms with Crippen LogP contribution in [0.3, 0.4) is 0 Å². The first-order valence-corrected chi connectivity index (χ1v) is 5.01. The molecule has 1 fully saturated rings. The Bertz CT molecular complexity index is 138. The quantitative estimate of drug-likeness (QED) is 0.659. The van der Waals surface area contributed by atoms with E-state index in [4.69, 9.17) is 10.8 Å². The van der Waals surface area contributed by atoms with E-state index < -0.39 is 0 Å². The van der Waals surface area contributed by atoms with Gasteiger partial charge in [-0.15, -0.1) is 0 Å². The van der Waals surface area contributed by atoms with Gasteiger partial charge < -0.3 is 10.8 Å². The van der Waals surface area contributed by atoms with Gasteiger partial charge >= 0.3 is 0 Å². The van der Waals surface area contributed by atoms with Gasteiger partial charge in [-0.1, -0.05) is 13.8 Å². The number of aliphatic hydroxyl groups is 1. The van der Waals surface area contributed by atoms with Gasteiger partial charge in [0.2, 0.25) is 0 Å². The zero-order chi connectivity index (χ0) is 9.14. The number of aliphatic hydroxyl groups excluding tert-OH is 1. The van der Waals surface area contributed by atoms with Crippen LogP contribution in [0.2, 0.25) is 0 Å². The average Bonchev–Trinajstić information content (AvgIpc) is 2.08. The molecular weight excluding hydrogens is 150 g/mol. The lowest BCUT2D eigenvalue weighted by Gasteiger charge is -2.34. The van der Waals surface area contributed by atoms with Crippen molar-refractivity contribution in [2.45, 2.75) is 39.2 Å². The first-order valence-electron chi connectivity index (χ1n) is 5.01. The van der Waals surface area contributed by atoms with Crippen LogP contribution in [0.1, 0.15) is 33.1 Å². The van der Waals surface area contributed by atoms with Crippen molar-refractivity contribution in [2.24, 2.45) is 23.5 Å². The predicted octanol–water partition coefficient (Wildman–Crippen LogP) is 1.38. The molecule has 2 heteroatoms. The summed E-state index contributed by atoms with van der Waals surface area (Å²) in [6.07, 6.45) is 3.58. The summed E-state index contributed by atoms with van der Waals surface area (Å²) in [4.78, 5) is 0. The maximum absolute atomic E-state index is 9.00. The van der Waals surface area contributed by atoms with Crippen LogP contribution in [0.15, 0.2) is 0 Å². The van der Waals surface area contributed by atoms with Crippen LogP contribution in [0.5, 0.6) is 0 Å². The van der Waals surface area contributed by atoms with Crippen molar-refractivity contribution in [3.63, 3.8) is 0 Å². The molecular formula is C10H21NO. The van der Waals surface area contributed by atoms with Crippen molar-refractivity contribution in [3.05, 3.63) is 0 Å². The first-order chi connectivity index (χ1) is 5.65. The molecule has 0 saturated heterocycles. The van der Waals surface area contributed by atoms with E-state index in [1.54, 1.807) is 0 Å². The fourth-order valence-corrected chi connectivity index (χ4v) is 2.06. The van der Waals surface area contributed by atoms with Gasteiger partial charge in [-0.2, -0.15) is 0 Å². The van der Waals surface area contributed by atoms with E-state index in [1.807, 2.05) is 0 Å². The molecule has 0 heterocycles. The third-order valence-corrected chi connectivity index (χ3v) is 3.39. The Morgan fingerprint density at radius 2 is 2.17 bits per heavy atom.